The summed E-state index contributed by atoms with van der Waals surface area (Å²) in [6, 6.07) is 0. The van der Waals surface area contributed by atoms with E-state index in [1.165, 1.54) is 13.8 Å². The van der Waals surface area contributed by atoms with Gasteiger partial charge < -0.3 is 10.3 Å². The number of carbonyl (C=O) groups excluding carboxylic acids is 1. The molecule has 0 aromatic carbocycles. The maximum Gasteiger partial charge on any atom is 1.00 e. The number of carbonyl (C=O) groups is 1. The summed E-state index contributed by atoms with van der Waals surface area (Å²) in [6.07, 6.45) is 0. The molecule has 14 heavy (non-hydrogen) atoms. The van der Waals surface area contributed by atoms with E-state index in [-0.39, 0.29) is 35.1 Å². The van der Waals surface area contributed by atoms with Crippen molar-refractivity contribution >= 4 is 16.0 Å². The smallest absolute Gasteiger partial charge is 0.747 e. The molecule has 0 fully saturated rings. The molecule has 1 atom stereocenters. The Morgan fingerprint density at radius 1 is 1.43 bits per heavy atom. The molecule has 76 valence electrons. The second kappa shape index (κ2) is 5.87. The number of hydrogen-bond donors (Lipinski definition) is 1. The zero-order valence-electron chi connectivity index (χ0n) is 8.48. The minimum absolute atomic E-state index is 0. The van der Waals surface area contributed by atoms with Gasteiger partial charge in [0, 0.05) is 5.57 Å². The van der Waals surface area contributed by atoms with E-state index < -0.39 is 27.2 Å². The van der Waals surface area contributed by atoms with Gasteiger partial charge in [0.25, 0.3) is 0 Å². The maximum absolute atomic E-state index is 10.7. The standard InChI is InChI=1S/C7H13NO4S.Na/c1-4(2)6(13(10,11)12)5(3)7(8)9;/h4,6H,3H2,1-2H3,(H2,8,9)(H,10,11,12);/q;+1/p-1. The van der Waals surface area contributed by atoms with Crippen LogP contribution in [-0.2, 0) is 14.9 Å². The fraction of sp³-hybridized carbons (Fsp3) is 0.571. The van der Waals surface area contributed by atoms with E-state index in [0.717, 1.165) is 0 Å². The van der Waals surface area contributed by atoms with Gasteiger partial charge in [0.05, 0.1) is 5.25 Å². The molecule has 0 aromatic heterocycles. The molecule has 7 heteroatoms. The van der Waals surface area contributed by atoms with Gasteiger partial charge in [0.2, 0.25) is 5.91 Å². The third kappa shape index (κ3) is 4.56. The summed E-state index contributed by atoms with van der Waals surface area (Å²) in [6.45, 7) is 6.20. The van der Waals surface area contributed by atoms with Crippen LogP contribution < -0.4 is 35.3 Å². The Hall–Kier alpha value is 0.120. The van der Waals surface area contributed by atoms with Crippen molar-refractivity contribution < 1.29 is 47.3 Å². The fourth-order valence-corrected chi connectivity index (χ4v) is 2.18. The van der Waals surface area contributed by atoms with Crippen molar-refractivity contribution in [1.29, 1.82) is 0 Å². The van der Waals surface area contributed by atoms with Crippen LogP contribution in [0.3, 0.4) is 0 Å². The van der Waals surface area contributed by atoms with Crippen molar-refractivity contribution in [2.45, 2.75) is 19.1 Å². The van der Waals surface area contributed by atoms with Gasteiger partial charge in [0.1, 0.15) is 10.1 Å². The van der Waals surface area contributed by atoms with Crippen LogP contribution in [0.4, 0.5) is 0 Å². The quantitative estimate of drug-likeness (QED) is 0.308. The van der Waals surface area contributed by atoms with E-state index in [1.54, 1.807) is 0 Å². The van der Waals surface area contributed by atoms with Gasteiger partial charge >= 0.3 is 29.6 Å². The molecule has 0 saturated heterocycles. The van der Waals surface area contributed by atoms with E-state index >= 15 is 0 Å². The largest absolute Gasteiger partial charge is 1.00 e. The first-order valence-corrected chi connectivity index (χ1v) is 5.08. The topological polar surface area (TPSA) is 100 Å². The van der Waals surface area contributed by atoms with Crippen LogP contribution in [0.5, 0.6) is 0 Å². The summed E-state index contributed by atoms with van der Waals surface area (Å²) in [5, 5.41) is -1.43. The molecule has 0 aliphatic carbocycles. The van der Waals surface area contributed by atoms with Gasteiger partial charge in [-0.1, -0.05) is 20.4 Å². The monoisotopic (exact) mass is 229 g/mol. The summed E-state index contributed by atoms with van der Waals surface area (Å²) in [7, 11) is -4.56. The van der Waals surface area contributed by atoms with E-state index in [1.807, 2.05) is 0 Å². The summed E-state index contributed by atoms with van der Waals surface area (Å²) in [5.74, 6) is -1.47. The minimum Gasteiger partial charge on any atom is -0.747 e. The van der Waals surface area contributed by atoms with Gasteiger partial charge in [-0.05, 0) is 5.92 Å². The van der Waals surface area contributed by atoms with Crippen molar-refractivity contribution in [1.82, 2.24) is 0 Å². The summed E-state index contributed by atoms with van der Waals surface area (Å²) < 4.78 is 32.1. The van der Waals surface area contributed by atoms with Gasteiger partial charge in [-0.25, -0.2) is 8.42 Å². The second-order valence-corrected chi connectivity index (χ2v) is 4.54. The molecule has 0 saturated carbocycles. The first kappa shape index (κ1) is 16.5. The van der Waals surface area contributed by atoms with E-state index in [9.17, 15) is 17.8 Å². The number of primary amides is 1. The molecular formula is C7H12NNaO4S. The van der Waals surface area contributed by atoms with Gasteiger partial charge in [-0.15, -0.1) is 0 Å². The molecule has 0 radical (unpaired) electrons. The molecular weight excluding hydrogens is 217 g/mol. The number of amides is 1. The Bertz CT molecular complexity index is 323. The number of nitrogens with two attached hydrogens (primary N) is 1. The first-order chi connectivity index (χ1) is 5.68. The molecule has 0 rings (SSSR count). The first-order valence-electron chi connectivity index (χ1n) is 3.61. The normalized spacial score (nSPS) is 13.1. The molecule has 0 aliphatic rings. The Morgan fingerprint density at radius 3 is 1.86 bits per heavy atom. The van der Waals surface area contributed by atoms with Crippen molar-refractivity contribution in [3.05, 3.63) is 12.2 Å². The Labute approximate surface area is 106 Å². The van der Waals surface area contributed by atoms with Crippen LogP contribution >= 0.6 is 0 Å². The molecule has 1 amide bonds. The number of rotatable bonds is 4. The molecule has 0 spiro atoms. The average molecular weight is 229 g/mol. The van der Waals surface area contributed by atoms with Crippen molar-refractivity contribution in [2.75, 3.05) is 0 Å². The zero-order chi connectivity index (χ0) is 10.8. The van der Waals surface area contributed by atoms with Crippen molar-refractivity contribution in [2.24, 2.45) is 11.7 Å². The van der Waals surface area contributed by atoms with Crippen LogP contribution in [0.15, 0.2) is 12.2 Å². The molecule has 1 unspecified atom stereocenters. The third-order valence-electron chi connectivity index (χ3n) is 1.58. The molecule has 0 aliphatic heterocycles. The van der Waals surface area contributed by atoms with Crippen molar-refractivity contribution in [3.8, 4) is 0 Å². The average Bonchev–Trinajstić information content (AvgIpc) is 1.82. The van der Waals surface area contributed by atoms with Gasteiger partial charge in [-0.3, -0.25) is 4.79 Å². The summed E-state index contributed by atoms with van der Waals surface area (Å²) in [4.78, 5) is 10.6. The fourth-order valence-electron chi connectivity index (χ4n) is 1.05. The predicted octanol–water partition coefficient (Wildman–Crippen LogP) is -3.40. The molecule has 0 bridgehead atoms. The Kier molecular flexibility index (Phi) is 6.94. The SMILES string of the molecule is C=C(C(N)=O)C(C(C)C)S(=O)(=O)[O-].[Na+]. The second-order valence-electron chi connectivity index (χ2n) is 3.05. The van der Waals surface area contributed by atoms with Crippen molar-refractivity contribution in [3.63, 3.8) is 0 Å². The summed E-state index contributed by atoms with van der Waals surface area (Å²) >= 11 is 0. The predicted molar refractivity (Wildman–Crippen MR) is 46.7 cm³/mol. The van der Waals surface area contributed by atoms with Crippen LogP contribution in [-0.4, -0.2) is 24.1 Å². The Morgan fingerprint density at radius 2 is 1.79 bits per heavy atom. The molecule has 0 heterocycles. The van der Waals surface area contributed by atoms with E-state index in [2.05, 4.69) is 6.58 Å². The Balaban J connectivity index is 0. The maximum atomic E-state index is 10.7. The van der Waals surface area contributed by atoms with Crippen LogP contribution in [0.25, 0.3) is 0 Å². The van der Waals surface area contributed by atoms with Crippen LogP contribution in [0, 0.1) is 5.92 Å². The molecule has 0 aromatic rings. The van der Waals surface area contributed by atoms with Crippen LogP contribution in [0.2, 0.25) is 0 Å². The minimum atomic E-state index is -4.56. The van der Waals surface area contributed by atoms with Crippen LogP contribution in [0.1, 0.15) is 13.8 Å². The van der Waals surface area contributed by atoms with Gasteiger partial charge in [0.15, 0.2) is 0 Å². The zero-order valence-corrected chi connectivity index (χ0v) is 11.3. The number of hydrogen-bond acceptors (Lipinski definition) is 4. The summed E-state index contributed by atoms with van der Waals surface area (Å²) in [5.41, 5.74) is 4.47. The van der Waals surface area contributed by atoms with E-state index in [4.69, 9.17) is 5.73 Å². The molecule has 5 nitrogen and oxygen atoms in total. The third-order valence-corrected chi connectivity index (χ3v) is 3.03. The van der Waals surface area contributed by atoms with E-state index in [0.29, 0.717) is 0 Å². The molecule has 2 N–H and O–H groups in total. The van der Waals surface area contributed by atoms with Gasteiger partial charge in [-0.2, -0.15) is 0 Å².